The number of carbonyl (C=O) groups excluding carboxylic acids is 2. The summed E-state index contributed by atoms with van der Waals surface area (Å²) in [6, 6.07) is 4.29. The monoisotopic (exact) mass is 461 g/mol. The summed E-state index contributed by atoms with van der Waals surface area (Å²) in [5.41, 5.74) is 9.31. The zero-order chi connectivity index (χ0) is 23.4. The molecule has 1 spiro atoms. The average Bonchev–Trinajstić information content (AvgIpc) is 3.12. The van der Waals surface area contributed by atoms with Crippen LogP contribution in [0.15, 0.2) is 24.3 Å². The van der Waals surface area contributed by atoms with Crippen LogP contribution in [0.4, 0.5) is 23.7 Å². The van der Waals surface area contributed by atoms with Gasteiger partial charge in [-0.1, -0.05) is 0 Å². The average molecular weight is 461 g/mol. The van der Waals surface area contributed by atoms with Crippen LogP contribution >= 0.6 is 0 Å². The number of amides is 3. The highest BCUT2D eigenvalue weighted by Gasteiger charge is 2.44. The van der Waals surface area contributed by atoms with Crippen molar-refractivity contribution in [2.75, 3.05) is 44.3 Å². The Labute approximate surface area is 182 Å². The van der Waals surface area contributed by atoms with Crippen LogP contribution in [0, 0.1) is 0 Å². The first-order chi connectivity index (χ1) is 15.1. The second kappa shape index (κ2) is 9.79. The van der Waals surface area contributed by atoms with Crippen molar-refractivity contribution in [3.63, 3.8) is 0 Å². The standard InChI is InChI=1S/C19H26F3N5O5/c20-19(21,22)32-15-3-1-13(2-4-15)26-6-5-18(11-26)12-27(7-8-31-18)14(10-28)9-16(29)24-25-17(23)30/h1-4,14,28H,5-12H2,(H,24,29)(H3,23,25,30). The lowest BCUT2D eigenvalue weighted by atomic mass is 9.98. The molecule has 2 aliphatic heterocycles. The van der Waals surface area contributed by atoms with E-state index in [0.717, 1.165) is 5.69 Å². The summed E-state index contributed by atoms with van der Waals surface area (Å²) in [6.07, 6.45) is -4.11. The van der Waals surface area contributed by atoms with Crippen molar-refractivity contribution in [2.24, 2.45) is 5.73 Å². The van der Waals surface area contributed by atoms with Crippen LogP contribution in [0.25, 0.3) is 0 Å². The molecule has 0 radical (unpaired) electrons. The van der Waals surface area contributed by atoms with Gasteiger partial charge in [-0.05, 0) is 30.7 Å². The largest absolute Gasteiger partial charge is 0.573 e. The Hall–Kier alpha value is -2.77. The summed E-state index contributed by atoms with van der Waals surface area (Å²) >= 11 is 0. The molecule has 2 fully saturated rings. The van der Waals surface area contributed by atoms with Crippen LogP contribution in [0.3, 0.4) is 0 Å². The van der Waals surface area contributed by atoms with Gasteiger partial charge in [0.2, 0.25) is 5.91 Å². The molecule has 0 aliphatic carbocycles. The number of halogens is 3. The smallest absolute Gasteiger partial charge is 0.406 e. The van der Waals surface area contributed by atoms with E-state index in [4.69, 9.17) is 10.5 Å². The van der Waals surface area contributed by atoms with Crippen molar-refractivity contribution in [3.8, 4) is 5.75 Å². The Morgan fingerprint density at radius 1 is 1.22 bits per heavy atom. The van der Waals surface area contributed by atoms with Gasteiger partial charge < -0.3 is 25.2 Å². The van der Waals surface area contributed by atoms with E-state index in [1.807, 2.05) is 15.2 Å². The molecular weight excluding hydrogens is 435 g/mol. The van der Waals surface area contributed by atoms with E-state index in [-0.39, 0.29) is 18.8 Å². The van der Waals surface area contributed by atoms with E-state index in [2.05, 4.69) is 10.2 Å². The van der Waals surface area contributed by atoms with Gasteiger partial charge >= 0.3 is 12.4 Å². The Morgan fingerprint density at radius 2 is 1.94 bits per heavy atom. The number of hydrazine groups is 1. The first-order valence-electron chi connectivity index (χ1n) is 10.0. The SMILES string of the molecule is NC(=O)NNC(=O)CC(CO)N1CCOC2(CCN(c3ccc(OC(F)(F)F)cc3)C2)C1. The minimum atomic E-state index is -4.74. The lowest BCUT2D eigenvalue weighted by Gasteiger charge is -2.43. The third-order valence-electron chi connectivity index (χ3n) is 5.50. The maximum atomic E-state index is 12.3. The number of alkyl halides is 3. The van der Waals surface area contributed by atoms with E-state index < -0.39 is 29.9 Å². The second-order valence-corrected chi connectivity index (χ2v) is 7.79. The first kappa shape index (κ1) is 23.9. The van der Waals surface area contributed by atoms with Gasteiger partial charge in [0.15, 0.2) is 0 Å². The van der Waals surface area contributed by atoms with Gasteiger partial charge in [-0.2, -0.15) is 0 Å². The van der Waals surface area contributed by atoms with E-state index in [1.54, 1.807) is 12.1 Å². The van der Waals surface area contributed by atoms with Crippen LogP contribution in [-0.4, -0.2) is 79.3 Å². The summed E-state index contributed by atoms with van der Waals surface area (Å²) < 4.78 is 47.0. The zero-order valence-electron chi connectivity index (χ0n) is 17.2. The molecule has 2 aliphatic rings. The van der Waals surface area contributed by atoms with Gasteiger partial charge in [-0.15, -0.1) is 13.2 Å². The molecule has 3 amide bonds. The van der Waals surface area contributed by atoms with Crippen molar-refractivity contribution in [3.05, 3.63) is 24.3 Å². The minimum absolute atomic E-state index is 0.0444. The summed E-state index contributed by atoms with van der Waals surface area (Å²) in [5.74, 6) is -0.775. The van der Waals surface area contributed by atoms with Gasteiger partial charge in [-0.3, -0.25) is 15.1 Å². The van der Waals surface area contributed by atoms with Crippen molar-refractivity contribution < 1.29 is 37.3 Å². The van der Waals surface area contributed by atoms with Crippen LogP contribution in [0.1, 0.15) is 12.8 Å². The van der Waals surface area contributed by atoms with Crippen LogP contribution in [-0.2, 0) is 9.53 Å². The normalized spacial score (nSPS) is 22.6. The third-order valence-corrected chi connectivity index (χ3v) is 5.50. The molecule has 1 aromatic rings. The summed E-state index contributed by atoms with van der Waals surface area (Å²) in [6.45, 7) is 2.29. The van der Waals surface area contributed by atoms with E-state index in [0.29, 0.717) is 39.2 Å². The number of aliphatic hydroxyl groups is 1. The lowest BCUT2D eigenvalue weighted by Crippen LogP contribution is -2.58. The lowest BCUT2D eigenvalue weighted by molar-refractivity contribution is -0.274. The molecule has 2 heterocycles. The highest BCUT2D eigenvalue weighted by molar-refractivity contribution is 5.80. The van der Waals surface area contributed by atoms with E-state index in [9.17, 15) is 27.9 Å². The summed E-state index contributed by atoms with van der Waals surface area (Å²) in [7, 11) is 0. The Kier molecular flexibility index (Phi) is 7.31. The van der Waals surface area contributed by atoms with Crippen molar-refractivity contribution >= 4 is 17.6 Å². The first-order valence-corrected chi connectivity index (χ1v) is 10.0. The number of rotatable bonds is 6. The zero-order valence-corrected chi connectivity index (χ0v) is 17.2. The molecule has 0 bridgehead atoms. The fourth-order valence-corrected chi connectivity index (χ4v) is 4.06. The number of hydrogen-bond acceptors (Lipinski definition) is 7. The molecule has 32 heavy (non-hydrogen) atoms. The number of ether oxygens (including phenoxy) is 2. The number of carbonyl (C=O) groups is 2. The van der Waals surface area contributed by atoms with Gasteiger partial charge in [-0.25, -0.2) is 10.2 Å². The number of primary amides is 1. The van der Waals surface area contributed by atoms with Crippen molar-refractivity contribution in [2.45, 2.75) is 30.8 Å². The summed E-state index contributed by atoms with van der Waals surface area (Å²) in [5, 5.41) is 9.80. The van der Waals surface area contributed by atoms with E-state index >= 15 is 0 Å². The maximum absolute atomic E-state index is 12.3. The number of nitrogens with one attached hydrogen (secondary N) is 2. The minimum Gasteiger partial charge on any atom is -0.406 e. The van der Waals surface area contributed by atoms with Gasteiger partial charge in [0.1, 0.15) is 5.75 Å². The molecule has 178 valence electrons. The fraction of sp³-hybridized carbons (Fsp3) is 0.579. The van der Waals surface area contributed by atoms with Crippen molar-refractivity contribution in [1.82, 2.24) is 15.8 Å². The molecule has 2 unspecified atom stereocenters. The Bertz CT molecular complexity index is 810. The predicted octanol–water partition coefficient (Wildman–Crippen LogP) is 0.317. The van der Waals surface area contributed by atoms with Gasteiger partial charge in [0.25, 0.3) is 0 Å². The molecule has 3 rings (SSSR count). The molecule has 2 atom stereocenters. The molecule has 10 nitrogen and oxygen atoms in total. The van der Waals surface area contributed by atoms with Crippen LogP contribution < -0.4 is 26.2 Å². The number of aliphatic hydroxyl groups excluding tert-OH is 1. The van der Waals surface area contributed by atoms with Crippen LogP contribution in [0.5, 0.6) is 5.75 Å². The van der Waals surface area contributed by atoms with Gasteiger partial charge in [0, 0.05) is 44.3 Å². The quantitative estimate of drug-likeness (QED) is 0.449. The summed E-state index contributed by atoms with van der Waals surface area (Å²) in [4.78, 5) is 26.7. The highest BCUT2D eigenvalue weighted by atomic mass is 19.4. The second-order valence-electron chi connectivity index (χ2n) is 7.79. The Balaban J connectivity index is 1.59. The maximum Gasteiger partial charge on any atom is 0.573 e. The van der Waals surface area contributed by atoms with E-state index in [1.165, 1.54) is 12.1 Å². The third kappa shape index (κ3) is 6.37. The fourth-order valence-electron chi connectivity index (χ4n) is 4.06. The predicted molar refractivity (Wildman–Crippen MR) is 107 cm³/mol. The Morgan fingerprint density at radius 3 is 2.56 bits per heavy atom. The van der Waals surface area contributed by atoms with Crippen molar-refractivity contribution in [1.29, 1.82) is 0 Å². The molecule has 2 saturated heterocycles. The van der Waals surface area contributed by atoms with Crippen LogP contribution in [0.2, 0.25) is 0 Å². The van der Waals surface area contributed by atoms with Gasteiger partial charge in [0.05, 0.1) is 18.8 Å². The number of urea groups is 1. The topological polar surface area (TPSA) is 129 Å². The number of nitrogens with zero attached hydrogens (tertiary/aromatic N) is 2. The number of anilines is 1. The molecule has 1 aromatic carbocycles. The number of benzene rings is 1. The molecular formula is C19H26F3N5O5. The number of morpholine rings is 1. The molecule has 0 saturated carbocycles. The molecule has 0 aromatic heterocycles. The molecule has 13 heteroatoms. The highest BCUT2D eigenvalue weighted by Crippen LogP contribution is 2.34. The number of hydrogen-bond donors (Lipinski definition) is 4. The molecule has 5 N–H and O–H groups in total. The number of nitrogens with two attached hydrogens (primary N) is 1.